The average molecular weight is 213 g/mol. The smallest absolute Gasteiger partial charge is 0.250 e. The van der Waals surface area contributed by atoms with Gasteiger partial charge in [0.05, 0.1) is 18.1 Å². The van der Waals surface area contributed by atoms with E-state index < -0.39 is 28.3 Å². The van der Waals surface area contributed by atoms with Gasteiger partial charge in [-0.05, 0) is 13.3 Å². The second-order valence-corrected chi connectivity index (χ2v) is 5.86. The second kappa shape index (κ2) is 3.49. The van der Waals surface area contributed by atoms with Crippen LogP contribution in [0.4, 0.5) is 8.78 Å². The molecule has 1 fully saturated rings. The van der Waals surface area contributed by atoms with E-state index in [2.05, 4.69) is 5.32 Å². The second-order valence-electron chi connectivity index (χ2n) is 3.67. The number of hydrogen-bond acceptors (Lipinski definition) is 3. The zero-order chi connectivity index (χ0) is 10.1. The highest BCUT2D eigenvalue weighted by molar-refractivity contribution is 7.91. The van der Waals surface area contributed by atoms with E-state index in [-0.39, 0.29) is 11.5 Å². The van der Waals surface area contributed by atoms with Gasteiger partial charge in [0.2, 0.25) is 0 Å². The van der Waals surface area contributed by atoms with Crippen LogP contribution >= 0.6 is 0 Å². The number of sulfone groups is 1. The molecule has 78 valence electrons. The standard InChI is InChI=1S/C7H13F2NO2S/c1-7(10-4-6(8)9)2-3-13(11,12)5-7/h6,10H,2-5H2,1H3. The number of halogens is 2. The molecule has 0 amide bonds. The first kappa shape index (κ1) is 10.8. The van der Waals surface area contributed by atoms with E-state index in [1.807, 2.05) is 0 Å². The van der Waals surface area contributed by atoms with Gasteiger partial charge >= 0.3 is 0 Å². The summed E-state index contributed by atoms with van der Waals surface area (Å²) in [6.07, 6.45) is -2.01. The van der Waals surface area contributed by atoms with Crippen molar-refractivity contribution in [3.8, 4) is 0 Å². The minimum absolute atomic E-state index is 0.0350. The van der Waals surface area contributed by atoms with Crippen molar-refractivity contribution in [1.29, 1.82) is 0 Å². The molecule has 1 saturated heterocycles. The summed E-state index contributed by atoms with van der Waals surface area (Å²) in [4.78, 5) is 0. The Morgan fingerprint density at radius 1 is 1.54 bits per heavy atom. The van der Waals surface area contributed by atoms with Crippen LogP contribution < -0.4 is 5.32 Å². The number of nitrogens with one attached hydrogen (secondary N) is 1. The molecule has 0 aliphatic carbocycles. The van der Waals surface area contributed by atoms with Gasteiger partial charge in [-0.3, -0.25) is 0 Å². The van der Waals surface area contributed by atoms with Crippen molar-refractivity contribution in [2.75, 3.05) is 18.1 Å². The normalized spacial score (nSPS) is 32.6. The predicted molar refractivity (Wildman–Crippen MR) is 45.7 cm³/mol. The molecule has 0 aromatic carbocycles. The Hall–Kier alpha value is -0.230. The van der Waals surface area contributed by atoms with Crippen molar-refractivity contribution in [2.24, 2.45) is 0 Å². The molecule has 1 rings (SSSR count). The van der Waals surface area contributed by atoms with E-state index in [4.69, 9.17) is 0 Å². The van der Waals surface area contributed by atoms with Crippen LogP contribution in [-0.4, -0.2) is 38.4 Å². The van der Waals surface area contributed by atoms with Gasteiger partial charge in [0.25, 0.3) is 6.43 Å². The summed E-state index contributed by atoms with van der Waals surface area (Å²) in [6, 6.07) is 0. The summed E-state index contributed by atoms with van der Waals surface area (Å²) >= 11 is 0. The zero-order valence-electron chi connectivity index (χ0n) is 7.39. The van der Waals surface area contributed by atoms with Crippen molar-refractivity contribution in [1.82, 2.24) is 5.32 Å². The van der Waals surface area contributed by atoms with E-state index in [0.717, 1.165) is 0 Å². The molecule has 6 heteroatoms. The van der Waals surface area contributed by atoms with Gasteiger partial charge in [-0.15, -0.1) is 0 Å². The van der Waals surface area contributed by atoms with E-state index in [0.29, 0.717) is 6.42 Å². The topological polar surface area (TPSA) is 46.2 Å². The summed E-state index contributed by atoms with van der Waals surface area (Å²) in [6.45, 7) is 1.23. The molecule has 0 bridgehead atoms. The fourth-order valence-corrected chi connectivity index (χ4v) is 3.60. The molecule has 1 unspecified atom stereocenters. The largest absolute Gasteiger partial charge is 0.305 e. The molecule has 1 aliphatic heterocycles. The van der Waals surface area contributed by atoms with Crippen molar-refractivity contribution < 1.29 is 17.2 Å². The van der Waals surface area contributed by atoms with Crippen molar-refractivity contribution in [3.63, 3.8) is 0 Å². The quantitative estimate of drug-likeness (QED) is 0.739. The summed E-state index contributed by atoms with van der Waals surface area (Å²) in [5.74, 6) is 0.0620. The van der Waals surface area contributed by atoms with Crippen LogP contribution in [0, 0.1) is 0 Å². The molecule has 1 atom stereocenters. The molecular weight excluding hydrogens is 200 g/mol. The Morgan fingerprint density at radius 3 is 2.54 bits per heavy atom. The molecule has 0 aromatic rings. The highest BCUT2D eigenvalue weighted by Crippen LogP contribution is 2.22. The predicted octanol–water partition coefficient (Wildman–Crippen LogP) is 0.418. The maximum absolute atomic E-state index is 11.8. The molecule has 1 aliphatic rings. The molecule has 0 aromatic heterocycles. The number of rotatable bonds is 3. The summed E-state index contributed by atoms with van der Waals surface area (Å²) in [7, 11) is -3.01. The number of hydrogen-bond donors (Lipinski definition) is 1. The fourth-order valence-electron chi connectivity index (χ4n) is 1.47. The van der Waals surface area contributed by atoms with Gasteiger partial charge in [-0.1, -0.05) is 0 Å². The van der Waals surface area contributed by atoms with Crippen molar-refractivity contribution >= 4 is 9.84 Å². The first-order valence-electron chi connectivity index (χ1n) is 4.07. The molecule has 3 nitrogen and oxygen atoms in total. The van der Waals surface area contributed by atoms with Crippen LogP contribution in [0.3, 0.4) is 0 Å². The van der Waals surface area contributed by atoms with Crippen LogP contribution in [0.2, 0.25) is 0 Å². The van der Waals surface area contributed by atoms with Gasteiger partial charge in [-0.25, -0.2) is 17.2 Å². The van der Waals surface area contributed by atoms with Gasteiger partial charge in [-0.2, -0.15) is 0 Å². The van der Waals surface area contributed by atoms with Gasteiger partial charge in [0, 0.05) is 5.54 Å². The first-order chi connectivity index (χ1) is 5.83. The van der Waals surface area contributed by atoms with E-state index in [9.17, 15) is 17.2 Å². The summed E-state index contributed by atoms with van der Waals surface area (Å²) in [5.41, 5.74) is -0.657. The third-order valence-corrected chi connectivity index (χ3v) is 4.09. The van der Waals surface area contributed by atoms with E-state index in [1.165, 1.54) is 0 Å². The van der Waals surface area contributed by atoms with Crippen LogP contribution in [0.15, 0.2) is 0 Å². The van der Waals surface area contributed by atoms with Gasteiger partial charge in [0.1, 0.15) is 0 Å². The maximum atomic E-state index is 11.8. The molecule has 13 heavy (non-hydrogen) atoms. The van der Waals surface area contributed by atoms with E-state index in [1.54, 1.807) is 6.92 Å². The molecule has 0 radical (unpaired) electrons. The zero-order valence-corrected chi connectivity index (χ0v) is 8.20. The minimum Gasteiger partial charge on any atom is -0.305 e. The van der Waals surface area contributed by atoms with Crippen LogP contribution in [0.5, 0.6) is 0 Å². The van der Waals surface area contributed by atoms with Crippen LogP contribution in [-0.2, 0) is 9.84 Å². The maximum Gasteiger partial charge on any atom is 0.250 e. The Balaban J connectivity index is 2.50. The molecule has 0 spiro atoms. The molecule has 0 saturated carbocycles. The molecule has 1 N–H and O–H groups in total. The number of alkyl halides is 2. The minimum atomic E-state index is -3.01. The Bertz CT molecular complexity index is 278. The third kappa shape index (κ3) is 3.19. The highest BCUT2D eigenvalue weighted by Gasteiger charge is 2.38. The molecule has 1 heterocycles. The van der Waals surface area contributed by atoms with Crippen molar-refractivity contribution in [2.45, 2.75) is 25.3 Å². The Labute approximate surface area is 76.4 Å². The Kier molecular flexibility index (Phi) is 2.91. The lowest BCUT2D eigenvalue weighted by Crippen LogP contribution is -2.45. The van der Waals surface area contributed by atoms with Gasteiger partial charge in [0.15, 0.2) is 9.84 Å². The highest BCUT2D eigenvalue weighted by atomic mass is 32.2. The third-order valence-electron chi connectivity index (χ3n) is 2.19. The van der Waals surface area contributed by atoms with Crippen LogP contribution in [0.1, 0.15) is 13.3 Å². The van der Waals surface area contributed by atoms with Gasteiger partial charge < -0.3 is 5.32 Å². The lowest BCUT2D eigenvalue weighted by atomic mass is 10.0. The first-order valence-corrected chi connectivity index (χ1v) is 5.89. The Morgan fingerprint density at radius 2 is 2.15 bits per heavy atom. The lowest BCUT2D eigenvalue weighted by molar-refractivity contribution is 0.134. The van der Waals surface area contributed by atoms with E-state index >= 15 is 0 Å². The monoisotopic (exact) mass is 213 g/mol. The fraction of sp³-hybridized carbons (Fsp3) is 1.00. The SMILES string of the molecule is CC1(NCC(F)F)CCS(=O)(=O)C1. The van der Waals surface area contributed by atoms with Crippen molar-refractivity contribution in [3.05, 3.63) is 0 Å². The van der Waals surface area contributed by atoms with Crippen LogP contribution in [0.25, 0.3) is 0 Å². The summed E-state index contributed by atoms with van der Waals surface area (Å²) in [5, 5.41) is 2.58. The lowest BCUT2D eigenvalue weighted by Gasteiger charge is -2.23. The summed E-state index contributed by atoms with van der Waals surface area (Å²) < 4.78 is 45.8. The average Bonchev–Trinajstić information content (AvgIpc) is 2.23. The molecular formula is C7H13F2NO2S.